The highest BCUT2D eigenvalue weighted by molar-refractivity contribution is 5.86. The maximum Gasteiger partial charge on any atom is 0.242 e. The molecule has 3 heteroatoms. The maximum atomic E-state index is 13.1. The topological polar surface area (TPSA) is 32.3 Å². The van der Waals surface area contributed by atoms with Crippen molar-refractivity contribution in [1.29, 1.82) is 0 Å². The summed E-state index contributed by atoms with van der Waals surface area (Å²) < 4.78 is 0. The fourth-order valence-electron chi connectivity index (χ4n) is 3.18. The monoisotopic (exact) mass is 296 g/mol. The van der Waals surface area contributed by atoms with Gasteiger partial charge in [-0.1, -0.05) is 41.0 Å². The summed E-state index contributed by atoms with van der Waals surface area (Å²) >= 11 is 0. The third-order valence-electron chi connectivity index (χ3n) is 4.57. The minimum absolute atomic E-state index is 0.261. The van der Waals surface area contributed by atoms with Gasteiger partial charge < -0.3 is 10.2 Å². The van der Waals surface area contributed by atoms with E-state index in [1.165, 1.54) is 0 Å². The van der Waals surface area contributed by atoms with Crippen LogP contribution in [0, 0.1) is 11.8 Å². The predicted molar refractivity (Wildman–Crippen MR) is 90.4 cm³/mol. The second-order valence-electron chi connectivity index (χ2n) is 7.52. The second kappa shape index (κ2) is 8.77. The van der Waals surface area contributed by atoms with Gasteiger partial charge in [-0.15, -0.1) is 0 Å². The second-order valence-corrected chi connectivity index (χ2v) is 7.52. The maximum absolute atomic E-state index is 13.1. The van der Waals surface area contributed by atoms with Crippen molar-refractivity contribution in [1.82, 2.24) is 10.2 Å². The molecule has 1 amide bonds. The zero-order valence-electron chi connectivity index (χ0n) is 14.9. The van der Waals surface area contributed by atoms with Crippen LogP contribution in [-0.2, 0) is 4.79 Å². The van der Waals surface area contributed by atoms with E-state index in [0.29, 0.717) is 17.7 Å². The normalized spacial score (nSPS) is 22.2. The zero-order chi connectivity index (χ0) is 15.9. The average molecular weight is 296 g/mol. The average Bonchev–Trinajstić information content (AvgIpc) is 2.88. The Morgan fingerprint density at radius 3 is 2.10 bits per heavy atom. The van der Waals surface area contributed by atoms with Crippen LogP contribution in [0.3, 0.4) is 0 Å². The first-order chi connectivity index (χ1) is 9.91. The summed E-state index contributed by atoms with van der Waals surface area (Å²) in [6, 6.07) is 0. The van der Waals surface area contributed by atoms with Gasteiger partial charge in [-0.2, -0.15) is 0 Å². The van der Waals surface area contributed by atoms with Crippen molar-refractivity contribution in [3.63, 3.8) is 0 Å². The van der Waals surface area contributed by atoms with Crippen LogP contribution in [-0.4, -0.2) is 36.0 Å². The van der Waals surface area contributed by atoms with Crippen molar-refractivity contribution in [3.8, 4) is 0 Å². The standard InChI is InChI=1S/C18H36N2O/c1-6-10-18(11-7-12-19-18)17(21)20(13-8-15(2)3)14-9-16(4)5/h15-16,19H,6-14H2,1-5H3. The largest absolute Gasteiger partial charge is 0.341 e. The molecule has 1 fully saturated rings. The molecule has 0 aromatic rings. The van der Waals surface area contributed by atoms with E-state index in [9.17, 15) is 4.79 Å². The van der Waals surface area contributed by atoms with Gasteiger partial charge in [0, 0.05) is 13.1 Å². The van der Waals surface area contributed by atoms with Crippen molar-refractivity contribution < 1.29 is 4.79 Å². The molecule has 3 nitrogen and oxygen atoms in total. The highest BCUT2D eigenvalue weighted by atomic mass is 16.2. The van der Waals surface area contributed by atoms with Gasteiger partial charge in [-0.3, -0.25) is 4.79 Å². The van der Waals surface area contributed by atoms with E-state index in [-0.39, 0.29) is 5.54 Å². The highest BCUT2D eigenvalue weighted by Gasteiger charge is 2.42. The number of carbonyl (C=O) groups is 1. The van der Waals surface area contributed by atoms with Gasteiger partial charge >= 0.3 is 0 Å². The van der Waals surface area contributed by atoms with Gasteiger partial charge in [0.05, 0.1) is 5.54 Å². The predicted octanol–water partition coefficient (Wildman–Crippen LogP) is 3.83. The molecule has 0 radical (unpaired) electrons. The molecule has 1 unspecified atom stereocenters. The van der Waals surface area contributed by atoms with Crippen molar-refractivity contribution in [3.05, 3.63) is 0 Å². The fourth-order valence-corrected chi connectivity index (χ4v) is 3.18. The third kappa shape index (κ3) is 5.61. The highest BCUT2D eigenvalue weighted by Crippen LogP contribution is 2.27. The molecule has 1 aliphatic rings. The van der Waals surface area contributed by atoms with Crippen LogP contribution in [0.15, 0.2) is 0 Å². The minimum atomic E-state index is -0.261. The number of carbonyl (C=O) groups excluding carboxylic acids is 1. The Bertz CT molecular complexity index is 294. The van der Waals surface area contributed by atoms with Gasteiger partial charge in [-0.05, 0) is 50.5 Å². The summed E-state index contributed by atoms with van der Waals surface area (Å²) in [5, 5.41) is 3.54. The summed E-state index contributed by atoms with van der Waals surface area (Å²) in [5.74, 6) is 1.67. The summed E-state index contributed by atoms with van der Waals surface area (Å²) in [5.41, 5.74) is -0.261. The van der Waals surface area contributed by atoms with Crippen molar-refractivity contribution in [2.45, 2.75) is 78.7 Å². The van der Waals surface area contributed by atoms with Crippen LogP contribution in [0.5, 0.6) is 0 Å². The van der Waals surface area contributed by atoms with E-state index in [0.717, 1.165) is 58.2 Å². The SMILES string of the molecule is CCCC1(C(=O)N(CCC(C)C)CCC(C)C)CCCN1. The van der Waals surface area contributed by atoms with E-state index < -0.39 is 0 Å². The lowest BCUT2D eigenvalue weighted by Crippen LogP contribution is -2.55. The number of rotatable bonds is 9. The lowest BCUT2D eigenvalue weighted by Gasteiger charge is -2.35. The summed E-state index contributed by atoms with van der Waals surface area (Å²) in [7, 11) is 0. The van der Waals surface area contributed by atoms with Crippen molar-refractivity contribution in [2.75, 3.05) is 19.6 Å². The quantitative estimate of drug-likeness (QED) is 0.701. The Morgan fingerprint density at radius 2 is 1.71 bits per heavy atom. The fraction of sp³-hybridized carbons (Fsp3) is 0.944. The molecule has 0 bridgehead atoms. The molecule has 1 heterocycles. The summed E-state index contributed by atoms with van der Waals surface area (Å²) in [4.78, 5) is 15.3. The zero-order valence-corrected chi connectivity index (χ0v) is 14.9. The van der Waals surface area contributed by atoms with E-state index in [4.69, 9.17) is 0 Å². The smallest absolute Gasteiger partial charge is 0.242 e. The summed E-state index contributed by atoms with van der Waals surface area (Å²) in [6.45, 7) is 13.9. The number of hydrogen-bond donors (Lipinski definition) is 1. The lowest BCUT2D eigenvalue weighted by molar-refractivity contribution is -0.138. The molecule has 0 saturated carbocycles. The third-order valence-corrected chi connectivity index (χ3v) is 4.57. The Balaban J connectivity index is 2.75. The van der Waals surface area contributed by atoms with E-state index in [1.807, 2.05) is 0 Å². The van der Waals surface area contributed by atoms with Crippen molar-refractivity contribution >= 4 is 5.91 Å². The van der Waals surface area contributed by atoms with E-state index >= 15 is 0 Å². The molecule has 0 aliphatic carbocycles. The molecule has 21 heavy (non-hydrogen) atoms. The van der Waals surface area contributed by atoms with Crippen LogP contribution < -0.4 is 5.32 Å². The molecule has 0 aromatic carbocycles. The molecule has 0 aromatic heterocycles. The van der Waals surface area contributed by atoms with E-state index in [1.54, 1.807) is 0 Å². The van der Waals surface area contributed by atoms with Gasteiger partial charge in [0.15, 0.2) is 0 Å². The molecule has 1 aliphatic heterocycles. The Hall–Kier alpha value is -0.570. The van der Waals surface area contributed by atoms with Crippen LogP contribution in [0.25, 0.3) is 0 Å². The van der Waals surface area contributed by atoms with Gasteiger partial charge in [-0.25, -0.2) is 0 Å². The first kappa shape index (κ1) is 18.5. The molecule has 1 atom stereocenters. The molecular formula is C18H36N2O. The Labute approximate surface area is 131 Å². The molecule has 1 N–H and O–H groups in total. The van der Waals surface area contributed by atoms with Crippen LogP contribution in [0.1, 0.15) is 73.1 Å². The van der Waals surface area contributed by atoms with Gasteiger partial charge in [0.25, 0.3) is 0 Å². The van der Waals surface area contributed by atoms with Gasteiger partial charge in [0.1, 0.15) is 0 Å². The Kier molecular flexibility index (Phi) is 7.72. The molecule has 0 spiro atoms. The molecule has 1 rings (SSSR count). The molecular weight excluding hydrogens is 260 g/mol. The van der Waals surface area contributed by atoms with E-state index in [2.05, 4.69) is 44.8 Å². The number of nitrogens with one attached hydrogen (secondary N) is 1. The van der Waals surface area contributed by atoms with Crippen LogP contribution >= 0.6 is 0 Å². The number of hydrogen-bond acceptors (Lipinski definition) is 2. The Morgan fingerprint density at radius 1 is 1.14 bits per heavy atom. The molecule has 124 valence electrons. The van der Waals surface area contributed by atoms with Crippen molar-refractivity contribution in [2.24, 2.45) is 11.8 Å². The summed E-state index contributed by atoms with van der Waals surface area (Å²) in [6.07, 6.45) is 6.40. The number of nitrogens with zero attached hydrogens (tertiary/aromatic N) is 1. The first-order valence-corrected chi connectivity index (χ1v) is 8.95. The molecule has 1 saturated heterocycles. The van der Waals surface area contributed by atoms with Crippen LogP contribution in [0.2, 0.25) is 0 Å². The lowest BCUT2D eigenvalue weighted by atomic mass is 9.89. The first-order valence-electron chi connectivity index (χ1n) is 8.95. The minimum Gasteiger partial charge on any atom is -0.341 e. The van der Waals surface area contributed by atoms with Gasteiger partial charge in [0.2, 0.25) is 5.91 Å². The number of amides is 1. The van der Waals surface area contributed by atoms with Crippen LogP contribution in [0.4, 0.5) is 0 Å².